The third-order valence-corrected chi connectivity index (χ3v) is 4.14. The van der Waals surface area contributed by atoms with E-state index in [0.717, 1.165) is 17.4 Å². The molecule has 3 fully saturated rings. The van der Waals surface area contributed by atoms with E-state index in [1.807, 2.05) is 0 Å². The minimum atomic E-state index is 0.814. The summed E-state index contributed by atoms with van der Waals surface area (Å²) in [4.78, 5) is 0. The topological polar surface area (TPSA) is 12.0 Å². The maximum atomic E-state index is 3.75. The molecule has 1 spiro atoms. The molecule has 3 aliphatic carbocycles. The van der Waals surface area contributed by atoms with Crippen molar-refractivity contribution in [2.24, 2.45) is 11.3 Å². The molecule has 3 aliphatic rings. The van der Waals surface area contributed by atoms with Crippen molar-refractivity contribution in [3.8, 4) is 0 Å². The van der Waals surface area contributed by atoms with Crippen molar-refractivity contribution in [1.29, 1.82) is 0 Å². The Morgan fingerprint density at radius 3 is 2.58 bits per heavy atom. The molecule has 0 saturated heterocycles. The second-order valence-electron chi connectivity index (χ2n) is 5.18. The first-order chi connectivity index (χ1) is 5.89. The molecule has 1 atom stereocenters. The highest BCUT2D eigenvalue weighted by Crippen LogP contribution is 2.57. The molecule has 0 aromatic heterocycles. The average molecular weight is 165 g/mol. The SMILES string of the molecule is C1CCC2(C1)CC2NCC1CC1. The molecular weight excluding hydrogens is 146 g/mol. The highest BCUT2D eigenvalue weighted by atomic mass is 15.0. The van der Waals surface area contributed by atoms with Crippen molar-refractivity contribution in [3.63, 3.8) is 0 Å². The zero-order chi connectivity index (χ0) is 8.02. The fourth-order valence-corrected chi connectivity index (χ4v) is 2.90. The zero-order valence-electron chi connectivity index (χ0n) is 7.81. The van der Waals surface area contributed by atoms with E-state index in [1.54, 1.807) is 0 Å². The van der Waals surface area contributed by atoms with Gasteiger partial charge in [0.1, 0.15) is 0 Å². The van der Waals surface area contributed by atoms with E-state index in [0.29, 0.717) is 0 Å². The standard InChI is InChI=1S/C11H19N/c1-2-6-11(5-1)7-10(11)12-8-9-3-4-9/h9-10,12H,1-8H2. The van der Waals surface area contributed by atoms with E-state index < -0.39 is 0 Å². The second kappa shape index (κ2) is 2.47. The van der Waals surface area contributed by atoms with Crippen LogP contribution in [0.25, 0.3) is 0 Å². The number of nitrogens with one attached hydrogen (secondary N) is 1. The van der Waals surface area contributed by atoms with Gasteiger partial charge in [0, 0.05) is 6.04 Å². The molecule has 0 aliphatic heterocycles. The van der Waals surface area contributed by atoms with Gasteiger partial charge in [-0.25, -0.2) is 0 Å². The highest BCUT2D eigenvalue weighted by molar-refractivity contribution is 5.10. The first kappa shape index (κ1) is 7.37. The zero-order valence-corrected chi connectivity index (χ0v) is 7.81. The van der Waals surface area contributed by atoms with Crippen molar-refractivity contribution >= 4 is 0 Å². The minimum Gasteiger partial charge on any atom is -0.313 e. The Kier molecular flexibility index (Phi) is 1.52. The van der Waals surface area contributed by atoms with Crippen LogP contribution in [0, 0.1) is 11.3 Å². The maximum Gasteiger partial charge on any atom is 0.0130 e. The van der Waals surface area contributed by atoms with Gasteiger partial charge in [0.25, 0.3) is 0 Å². The van der Waals surface area contributed by atoms with Crippen molar-refractivity contribution in [2.75, 3.05) is 6.54 Å². The summed E-state index contributed by atoms with van der Waals surface area (Å²) in [7, 11) is 0. The average Bonchev–Trinajstić information content (AvgIpc) is 2.90. The summed E-state index contributed by atoms with van der Waals surface area (Å²) in [6, 6.07) is 0.931. The molecule has 1 heteroatoms. The summed E-state index contributed by atoms with van der Waals surface area (Å²) in [6.07, 6.45) is 10.5. The van der Waals surface area contributed by atoms with Crippen LogP contribution in [0.1, 0.15) is 44.9 Å². The van der Waals surface area contributed by atoms with Crippen LogP contribution in [0.3, 0.4) is 0 Å². The monoisotopic (exact) mass is 165 g/mol. The van der Waals surface area contributed by atoms with Gasteiger partial charge < -0.3 is 5.32 Å². The third kappa shape index (κ3) is 1.19. The molecular formula is C11H19N. The number of rotatable bonds is 3. The van der Waals surface area contributed by atoms with Gasteiger partial charge in [-0.3, -0.25) is 0 Å². The summed E-state index contributed by atoms with van der Waals surface area (Å²) >= 11 is 0. The van der Waals surface area contributed by atoms with Crippen molar-refractivity contribution in [1.82, 2.24) is 5.32 Å². The van der Waals surface area contributed by atoms with Crippen molar-refractivity contribution < 1.29 is 0 Å². The fraction of sp³-hybridized carbons (Fsp3) is 1.00. The van der Waals surface area contributed by atoms with Crippen molar-refractivity contribution in [2.45, 2.75) is 51.0 Å². The Balaban J connectivity index is 1.47. The lowest BCUT2D eigenvalue weighted by Crippen LogP contribution is -2.23. The van der Waals surface area contributed by atoms with E-state index in [4.69, 9.17) is 0 Å². The molecule has 0 aromatic carbocycles. The molecule has 0 heterocycles. The molecule has 0 amide bonds. The maximum absolute atomic E-state index is 3.75. The van der Waals surface area contributed by atoms with Crippen LogP contribution in [0.15, 0.2) is 0 Å². The van der Waals surface area contributed by atoms with E-state index in [9.17, 15) is 0 Å². The normalized spacial score (nSPS) is 37.5. The van der Waals surface area contributed by atoms with E-state index in [-0.39, 0.29) is 0 Å². The summed E-state index contributed by atoms with van der Waals surface area (Å²) in [5, 5.41) is 3.75. The van der Waals surface area contributed by atoms with Crippen LogP contribution < -0.4 is 5.32 Å². The Hall–Kier alpha value is -0.0400. The lowest BCUT2D eigenvalue weighted by atomic mass is 10.1. The van der Waals surface area contributed by atoms with Crippen LogP contribution >= 0.6 is 0 Å². The third-order valence-electron chi connectivity index (χ3n) is 4.14. The summed E-state index contributed by atoms with van der Waals surface area (Å²) in [6.45, 7) is 1.33. The summed E-state index contributed by atoms with van der Waals surface area (Å²) in [5.74, 6) is 1.06. The second-order valence-corrected chi connectivity index (χ2v) is 5.18. The molecule has 1 unspecified atom stereocenters. The molecule has 3 saturated carbocycles. The quantitative estimate of drug-likeness (QED) is 0.676. The number of hydrogen-bond acceptors (Lipinski definition) is 1. The molecule has 0 radical (unpaired) electrons. The lowest BCUT2D eigenvalue weighted by molar-refractivity contribution is 0.463. The Morgan fingerprint density at radius 2 is 1.92 bits per heavy atom. The summed E-state index contributed by atoms with van der Waals surface area (Å²) < 4.78 is 0. The van der Waals surface area contributed by atoms with Crippen LogP contribution in [0.5, 0.6) is 0 Å². The first-order valence-electron chi connectivity index (χ1n) is 5.62. The molecule has 3 rings (SSSR count). The van der Waals surface area contributed by atoms with Crippen LogP contribution in [-0.4, -0.2) is 12.6 Å². The lowest BCUT2D eigenvalue weighted by Gasteiger charge is -2.08. The predicted molar refractivity (Wildman–Crippen MR) is 50.0 cm³/mol. The Labute approximate surface area is 74.9 Å². The van der Waals surface area contributed by atoms with Gasteiger partial charge in [-0.2, -0.15) is 0 Å². The molecule has 12 heavy (non-hydrogen) atoms. The van der Waals surface area contributed by atoms with Crippen LogP contribution in [-0.2, 0) is 0 Å². The smallest absolute Gasteiger partial charge is 0.0130 e. The van der Waals surface area contributed by atoms with Crippen molar-refractivity contribution in [3.05, 3.63) is 0 Å². The summed E-state index contributed by atoms with van der Waals surface area (Å²) in [5.41, 5.74) is 0.814. The molecule has 1 nitrogen and oxygen atoms in total. The molecule has 1 N–H and O–H groups in total. The van der Waals surface area contributed by atoms with Gasteiger partial charge in [-0.05, 0) is 50.0 Å². The molecule has 68 valence electrons. The fourth-order valence-electron chi connectivity index (χ4n) is 2.90. The molecule has 0 aromatic rings. The van der Waals surface area contributed by atoms with Crippen LogP contribution in [0.2, 0.25) is 0 Å². The highest BCUT2D eigenvalue weighted by Gasteiger charge is 2.54. The predicted octanol–water partition coefficient (Wildman–Crippen LogP) is 2.32. The van der Waals surface area contributed by atoms with Gasteiger partial charge in [0.05, 0.1) is 0 Å². The van der Waals surface area contributed by atoms with Crippen LogP contribution in [0.4, 0.5) is 0 Å². The van der Waals surface area contributed by atoms with Gasteiger partial charge >= 0.3 is 0 Å². The largest absolute Gasteiger partial charge is 0.313 e. The van der Waals surface area contributed by atoms with E-state index in [1.165, 1.54) is 51.5 Å². The van der Waals surface area contributed by atoms with E-state index >= 15 is 0 Å². The van der Waals surface area contributed by atoms with Gasteiger partial charge in [-0.1, -0.05) is 12.8 Å². The minimum absolute atomic E-state index is 0.814. The first-order valence-corrected chi connectivity index (χ1v) is 5.62. The van der Waals surface area contributed by atoms with Gasteiger partial charge in [-0.15, -0.1) is 0 Å². The van der Waals surface area contributed by atoms with E-state index in [2.05, 4.69) is 5.32 Å². The number of hydrogen-bond donors (Lipinski definition) is 1. The molecule has 0 bridgehead atoms. The Morgan fingerprint density at radius 1 is 1.17 bits per heavy atom. The Bertz CT molecular complexity index is 177. The van der Waals surface area contributed by atoms with Gasteiger partial charge in [0.15, 0.2) is 0 Å². The van der Waals surface area contributed by atoms with Gasteiger partial charge in [0.2, 0.25) is 0 Å².